The van der Waals surface area contributed by atoms with Gasteiger partial charge in [0.15, 0.2) is 0 Å². The van der Waals surface area contributed by atoms with Crippen molar-refractivity contribution in [2.45, 2.75) is 44.9 Å². The molecule has 2 heterocycles. The summed E-state index contributed by atoms with van der Waals surface area (Å²) >= 11 is 0. The second kappa shape index (κ2) is 9.00. The number of hydrogen-bond donors (Lipinski definition) is 1. The summed E-state index contributed by atoms with van der Waals surface area (Å²) in [6.45, 7) is 2.79. The van der Waals surface area contributed by atoms with E-state index in [4.69, 9.17) is 0 Å². The number of carbonyl (C=O) groups is 1. The normalized spacial score (nSPS) is 16.7. The van der Waals surface area contributed by atoms with Gasteiger partial charge in [-0.3, -0.25) is 4.79 Å². The van der Waals surface area contributed by atoms with E-state index in [1.165, 1.54) is 44.1 Å². The van der Waals surface area contributed by atoms with Crippen LogP contribution in [0.2, 0.25) is 0 Å². The average molecular weight is 377 g/mol. The van der Waals surface area contributed by atoms with Crippen molar-refractivity contribution in [3.63, 3.8) is 0 Å². The van der Waals surface area contributed by atoms with Crippen molar-refractivity contribution < 1.29 is 4.79 Å². The fourth-order valence-electron chi connectivity index (χ4n) is 3.94. The van der Waals surface area contributed by atoms with E-state index >= 15 is 0 Å². The van der Waals surface area contributed by atoms with Crippen LogP contribution in [0.25, 0.3) is 11.1 Å². The van der Waals surface area contributed by atoms with Crippen LogP contribution in [0.4, 0.5) is 5.95 Å². The number of anilines is 1. The summed E-state index contributed by atoms with van der Waals surface area (Å²) < 4.78 is 0. The van der Waals surface area contributed by atoms with Crippen LogP contribution in [0.3, 0.4) is 0 Å². The first-order chi connectivity index (χ1) is 13.8. The average Bonchev–Trinajstić information content (AvgIpc) is 3.30. The molecule has 5 heteroatoms. The molecule has 1 fully saturated rings. The molecule has 1 aliphatic heterocycles. The molecule has 0 bridgehead atoms. The van der Waals surface area contributed by atoms with Gasteiger partial charge in [-0.15, -0.1) is 0 Å². The van der Waals surface area contributed by atoms with Gasteiger partial charge in [0.2, 0.25) is 5.95 Å². The van der Waals surface area contributed by atoms with Crippen LogP contribution in [0.5, 0.6) is 0 Å². The topological polar surface area (TPSA) is 58.1 Å². The largest absolute Gasteiger partial charge is 0.352 e. The van der Waals surface area contributed by atoms with Crippen molar-refractivity contribution >= 4 is 11.9 Å². The summed E-state index contributed by atoms with van der Waals surface area (Å²) in [6, 6.07) is 7.68. The molecule has 1 aliphatic carbocycles. The number of allylic oxidation sites excluding steroid dienone is 1. The van der Waals surface area contributed by atoms with Crippen LogP contribution in [-0.2, 0) is 0 Å². The van der Waals surface area contributed by atoms with Crippen LogP contribution >= 0.6 is 0 Å². The van der Waals surface area contributed by atoms with Gasteiger partial charge < -0.3 is 10.2 Å². The van der Waals surface area contributed by atoms with Crippen molar-refractivity contribution in [2.24, 2.45) is 0 Å². The lowest BCUT2D eigenvalue weighted by molar-refractivity contribution is 0.0954. The number of benzene rings is 1. The standard InChI is InChI=1S/C23H28N4O/c28-22(24-13-12-18-6-2-1-3-7-18)20-10-8-19(9-11-20)21-16-25-23(26-17-21)27-14-4-5-15-27/h6,8-11,16-17H,1-5,7,12-15H2,(H,24,28). The Morgan fingerprint density at radius 2 is 1.71 bits per heavy atom. The molecule has 1 aromatic carbocycles. The van der Waals surface area contributed by atoms with Gasteiger partial charge in [0.1, 0.15) is 0 Å². The third-order valence-corrected chi connectivity index (χ3v) is 5.62. The minimum absolute atomic E-state index is 0.0106. The van der Waals surface area contributed by atoms with Crippen LogP contribution in [0, 0.1) is 0 Å². The first-order valence-electron chi connectivity index (χ1n) is 10.4. The van der Waals surface area contributed by atoms with Crippen molar-refractivity contribution in [2.75, 3.05) is 24.5 Å². The van der Waals surface area contributed by atoms with Crippen LogP contribution in [0.15, 0.2) is 48.3 Å². The molecule has 1 amide bonds. The minimum atomic E-state index is -0.0106. The molecule has 0 unspecified atom stereocenters. The molecule has 1 saturated heterocycles. The highest BCUT2D eigenvalue weighted by Gasteiger charge is 2.14. The molecule has 0 saturated carbocycles. The molecule has 2 aromatic rings. The van der Waals surface area contributed by atoms with Gasteiger partial charge in [0.05, 0.1) is 0 Å². The van der Waals surface area contributed by atoms with Crippen molar-refractivity contribution in [1.29, 1.82) is 0 Å². The molecule has 0 spiro atoms. The Morgan fingerprint density at radius 3 is 2.39 bits per heavy atom. The number of aromatic nitrogens is 2. The Morgan fingerprint density at radius 1 is 0.964 bits per heavy atom. The number of rotatable bonds is 6. The number of hydrogen-bond acceptors (Lipinski definition) is 4. The lowest BCUT2D eigenvalue weighted by Crippen LogP contribution is -2.24. The van der Waals surface area contributed by atoms with E-state index in [1.54, 1.807) is 0 Å². The monoisotopic (exact) mass is 376 g/mol. The maximum Gasteiger partial charge on any atom is 0.251 e. The quantitative estimate of drug-likeness (QED) is 0.761. The van der Waals surface area contributed by atoms with E-state index in [0.29, 0.717) is 12.1 Å². The van der Waals surface area contributed by atoms with Crippen molar-refractivity contribution in [3.8, 4) is 11.1 Å². The maximum absolute atomic E-state index is 12.4. The molecule has 4 rings (SSSR count). The summed E-state index contributed by atoms with van der Waals surface area (Å²) in [5, 5.41) is 3.03. The van der Waals surface area contributed by atoms with Gasteiger partial charge in [0, 0.05) is 43.2 Å². The van der Waals surface area contributed by atoms with E-state index in [1.807, 2.05) is 36.7 Å². The maximum atomic E-state index is 12.4. The van der Waals surface area contributed by atoms with Crippen LogP contribution in [-0.4, -0.2) is 35.5 Å². The zero-order chi connectivity index (χ0) is 19.2. The number of nitrogens with one attached hydrogen (secondary N) is 1. The van der Waals surface area contributed by atoms with Gasteiger partial charge in [-0.05, 0) is 62.6 Å². The molecule has 1 N–H and O–H groups in total. The number of carbonyl (C=O) groups excluding carboxylic acids is 1. The van der Waals surface area contributed by atoms with E-state index in [-0.39, 0.29) is 5.91 Å². The Bertz CT molecular complexity index is 821. The van der Waals surface area contributed by atoms with E-state index in [0.717, 1.165) is 36.6 Å². The van der Waals surface area contributed by atoms with Crippen molar-refractivity contribution in [1.82, 2.24) is 15.3 Å². The molecule has 28 heavy (non-hydrogen) atoms. The van der Waals surface area contributed by atoms with E-state index < -0.39 is 0 Å². The number of nitrogens with zero attached hydrogens (tertiary/aromatic N) is 3. The number of amides is 1. The van der Waals surface area contributed by atoms with Gasteiger partial charge in [-0.2, -0.15) is 0 Å². The lowest BCUT2D eigenvalue weighted by Gasteiger charge is -2.14. The molecule has 2 aliphatic rings. The molecule has 0 atom stereocenters. The summed E-state index contributed by atoms with van der Waals surface area (Å²) in [6.07, 6.45) is 14.4. The molecule has 5 nitrogen and oxygen atoms in total. The zero-order valence-electron chi connectivity index (χ0n) is 16.4. The molecule has 1 aromatic heterocycles. The highest BCUT2D eigenvalue weighted by atomic mass is 16.1. The molecular weight excluding hydrogens is 348 g/mol. The Hall–Kier alpha value is -2.69. The fraction of sp³-hybridized carbons (Fsp3) is 0.435. The second-order valence-corrected chi connectivity index (χ2v) is 7.66. The molecule has 0 radical (unpaired) electrons. The summed E-state index contributed by atoms with van der Waals surface area (Å²) in [5.74, 6) is 0.800. The van der Waals surface area contributed by atoms with E-state index in [2.05, 4.69) is 26.3 Å². The van der Waals surface area contributed by atoms with Crippen molar-refractivity contribution in [3.05, 3.63) is 53.9 Å². The van der Waals surface area contributed by atoms with Crippen LogP contribution < -0.4 is 10.2 Å². The predicted molar refractivity (Wildman–Crippen MR) is 112 cm³/mol. The first-order valence-corrected chi connectivity index (χ1v) is 10.4. The van der Waals surface area contributed by atoms with Gasteiger partial charge in [-0.25, -0.2) is 9.97 Å². The van der Waals surface area contributed by atoms with Crippen LogP contribution in [0.1, 0.15) is 55.3 Å². The first kappa shape index (κ1) is 18.7. The third kappa shape index (κ3) is 4.58. The smallest absolute Gasteiger partial charge is 0.251 e. The summed E-state index contributed by atoms with van der Waals surface area (Å²) in [7, 11) is 0. The van der Waals surface area contributed by atoms with Gasteiger partial charge >= 0.3 is 0 Å². The molecular formula is C23H28N4O. The minimum Gasteiger partial charge on any atom is -0.352 e. The van der Waals surface area contributed by atoms with Gasteiger partial charge in [0.25, 0.3) is 5.91 Å². The summed E-state index contributed by atoms with van der Waals surface area (Å²) in [4.78, 5) is 23.6. The third-order valence-electron chi connectivity index (χ3n) is 5.62. The Kier molecular flexibility index (Phi) is 6.00. The highest BCUT2D eigenvalue weighted by Crippen LogP contribution is 2.22. The molecule has 146 valence electrons. The Balaban J connectivity index is 1.32. The SMILES string of the molecule is O=C(NCCC1=CCCCC1)c1ccc(-c2cnc(N3CCCC3)nc2)cc1. The Labute approximate surface area is 166 Å². The second-order valence-electron chi connectivity index (χ2n) is 7.66. The lowest BCUT2D eigenvalue weighted by atomic mass is 9.97. The fourth-order valence-corrected chi connectivity index (χ4v) is 3.94. The summed E-state index contributed by atoms with van der Waals surface area (Å²) in [5.41, 5.74) is 4.17. The predicted octanol–water partition coefficient (Wildman–Crippen LogP) is 4.36. The van der Waals surface area contributed by atoms with Gasteiger partial charge in [-0.1, -0.05) is 23.8 Å². The zero-order valence-corrected chi connectivity index (χ0v) is 16.4. The highest BCUT2D eigenvalue weighted by molar-refractivity contribution is 5.94. The van der Waals surface area contributed by atoms with E-state index in [9.17, 15) is 4.79 Å².